The molecule has 0 aliphatic heterocycles. The number of thiophene rings is 1. The second-order valence-electron chi connectivity index (χ2n) is 7.69. The highest BCUT2D eigenvalue weighted by molar-refractivity contribution is 7.99. The number of anilines is 1. The monoisotopic (exact) mass is 455 g/mol. The number of nitrogens with zero attached hydrogens (tertiary/aromatic N) is 2. The van der Waals surface area contributed by atoms with Gasteiger partial charge in [-0.15, -0.1) is 23.1 Å². The number of hydrogen-bond donors (Lipinski definition) is 1. The molecule has 31 heavy (non-hydrogen) atoms. The fourth-order valence-corrected chi connectivity index (χ4v) is 6.36. The van der Waals surface area contributed by atoms with Crippen molar-refractivity contribution >= 4 is 40.0 Å². The number of esters is 1. The van der Waals surface area contributed by atoms with Gasteiger partial charge in [0.1, 0.15) is 16.1 Å². The van der Waals surface area contributed by atoms with E-state index in [1.165, 1.54) is 33.5 Å². The number of carbonyl (C=O) groups is 2. The zero-order valence-electron chi connectivity index (χ0n) is 17.6. The van der Waals surface area contributed by atoms with Crippen LogP contribution in [0, 0.1) is 11.3 Å². The van der Waals surface area contributed by atoms with E-state index in [9.17, 15) is 14.9 Å². The molecule has 0 atom stereocenters. The normalized spacial score (nSPS) is 14.5. The topological polar surface area (TPSA) is 92.1 Å². The van der Waals surface area contributed by atoms with E-state index in [0.29, 0.717) is 33.5 Å². The van der Waals surface area contributed by atoms with E-state index in [2.05, 4.69) is 16.4 Å². The van der Waals surface area contributed by atoms with Crippen LogP contribution in [0.15, 0.2) is 11.1 Å². The van der Waals surface area contributed by atoms with Crippen molar-refractivity contribution in [2.45, 2.75) is 63.3 Å². The van der Waals surface area contributed by atoms with E-state index >= 15 is 0 Å². The van der Waals surface area contributed by atoms with E-state index in [4.69, 9.17) is 4.74 Å². The number of thioether (sulfide) groups is 1. The Hall–Kier alpha value is -2.37. The Balaban J connectivity index is 1.41. The molecule has 0 bridgehead atoms. The molecule has 162 valence electrons. The van der Waals surface area contributed by atoms with E-state index in [1.54, 1.807) is 6.92 Å². The van der Waals surface area contributed by atoms with Gasteiger partial charge in [-0.3, -0.25) is 4.79 Å². The maximum atomic E-state index is 12.6. The number of nitrogens with one attached hydrogen (secondary N) is 1. The number of carbonyl (C=O) groups excluding carboxylic acids is 2. The van der Waals surface area contributed by atoms with Gasteiger partial charge in [-0.2, -0.15) is 5.26 Å². The maximum Gasteiger partial charge on any atom is 0.341 e. The average molecular weight is 456 g/mol. The molecule has 0 saturated carbocycles. The van der Waals surface area contributed by atoms with Gasteiger partial charge in [0.05, 0.1) is 17.7 Å². The lowest BCUT2D eigenvalue weighted by Crippen LogP contribution is -2.16. The van der Waals surface area contributed by atoms with E-state index in [0.717, 1.165) is 56.2 Å². The fraction of sp³-hybridized carbons (Fsp3) is 0.478. The minimum atomic E-state index is -0.354. The van der Waals surface area contributed by atoms with E-state index in [1.807, 2.05) is 6.07 Å². The van der Waals surface area contributed by atoms with Crippen LogP contribution < -0.4 is 5.32 Å². The summed E-state index contributed by atoms with van der Waals surface area (Å²) in [5, 5.41) is 13.7. The molecule has 2 aromatic heterocycles. The zero-order valence-corrected chi connectivity index (χ0v) is 19.2. The Morgan fingerprint density at radius 1 is 1.26 bits per heavy atom. The fourth-order valence-electron chi connectivity index (χ4n) is 4.15. The first-order chi connectivity index (χ1) is 15.1. The number of nitriles is 1. The average Bonchev–Trinajstić information content (AvgIpc) is 3.36. The minimum Gasteiger partial charge on any atom is -0.462 e. The second-order valence-corrected chi connectivity index (χ2v) is 9.88. The van der Waals surface area contributed by atoms with Gasteiger partial charge in [0.25, 0.3) is 0 Å². The Kier molecular flexibility index (Phi) is 6.93. The third-order valence-electron chi connectivity index (χ3n) is 5.61. The highest BCUT2D eigenvalue weighted by Gasteiger charge is 2.27. The summed E-state index contributed by atoms with van der Waals surface area (Å²) in [6.45, 7) is 2.09. The summed E-state index contributed by atoms with van der Waals surface area (Å²) in [7, 11) is 0. The molecule has 1 amide bonds. The van der Waals surface area contributed by atoms with Crippen molar-refractivity contribution in [2.24, 2.45) is 0 Å². The highest BCUT2D eigenvalue weighted by Crippen LogP contribution is 2.38. The molecule has 0 aromatic carbocycles. The molecule has 2 aliphatic carbocycles. The Morgan fingerprint density at radius 2 is 2.10 bits per heavy atom. The van der Waals surface area contributed by atoms with Crippen LogP contribution in [0.4, 0.5) is 5.00 Å². The largest absolute Gasteiger partial charge is 0.462 e. The number of aryl methyl sites for hydroxylation is 3. The lowest BCUT2D eigenvalue weighted by atomic mass is 9.95. The maximum absolute atomic E-state index is 12.6. The standard InChI is InChI=1S/C23H25N3O3S2/c1-2-29-23(28)20-16-7-3-4-9-18(16)31-22(20)26-19(27)10-11-30-21-15(13-24)12-14-6-5-8-17(14)25-21/h12H,2-11H2,1H3,(H,26,27). The van der Waals surface area contributed by atoms with Gasteiger partial charge in [-0.05, 0) is 69.1 Å². The Labute approximate surface area is 190 Å². The van der Waals surface area contributed by atoms with Crippen LogP contribution in [0.25, 0.3) is 0 Å². The number of pyridine rings is 1. The summed E-state index contributed by atoms with van der Waals surface area (Å²) in [5.74, 6) is 0.0236. The molecular weight excluding hydrogens is 430 g/mol. The molecule has 2 aromatic rings. The molecule has 4 rings (SSSR count). The second kappa shape index (κ2) is 9.84. The van der Waals surface area contributed by atoms with Gasteiger partial charge < -0.3 is 10.1 Å². The van der Waals surface area contributed by atoms with Gasteiger partial charge in [-0.25, -0.2) is 9.78 Å². The first kappa shape index (κ1) is 21.8. The number of aromatic nitrogens is 1. The van der Waals surface area contributed by atoms with Gasteiger partial charge in [0.15, 0.2) is 0 Å². The Morgan fingerprint density at radius 3 is 2.90 bits per heavy atom. The predicted octanol–water partition coefficient (Wildman–Crippen LogP) is 4.68. The van der Waals surface area contributed by atoms with Crippen molar-refractivity contribution < 1.29 is 14.3 Å². The molecule has 0 fully saturated rings. The van der Waals surface area contributed by atoms with E-state index in [-0.39, 0.29) is 18.3 Å². The lowest BCUT2D eigenvalue weighted by Gasteiger charge is -2.12. The zero-order chi connectivity index (χ0) is 21.8. The SMILES string of the molecule is CCOC(=O)c1c(NC(=O)CCSc2nc3c(cc2C#N)CCC3)sc2c1CCCC2. The lowest BCUT2D eigenvalue weighted by molar-refractivity contribution is -0.115. The van der Waals surface area contributed by atoms with Crippen LogP contribution in [0.2, 0.25) is 0 Å². The highest BCUT2D eigenvalue weighted by atomic mass is 32.2. The van der Waals surface area contributed by atoms with Crippen molar-refractivity contribution in [3.8, 4) is 6.07 Å². The van der Waals surface area contributed by atoms with Gasteiger partial charge in [-0.1, -0.05) is 0 Å². The first-order valence-corrected chi connectivity index (χ1v) is 12.6. The van der Waals surface area contributed by atoms with Crippen LogP contribution in [0.3, 0.4) is 0 Å². The van der Waals surface area contributed by atoms with Crippen molar-refractivity contribution in [2.75, 3.05) is 17.7 Å². The predicted molar refractivity (Wildman–Crippen MR) is 122 cm³/mol. The molecule has 2 heterocycles. The molecule has 8 heteroatoms. The summed E-state index contributed by atoms with van der Waals surface area (Å²) in [6.07, 6.45) is 7.25. The third kappa shape index (κ3) is 4.78. The molecule has 0 saturated heterocycles. The van der Waals surface area contributed by atoms with Crippen molar-refractivity contribution in [3.63, 3.8) is 0 Å². The van der Waals surface area contributed by atoms with Gasteiger partial charge in [0.2, 0.25) is 5.91 Å². The molecular formula is C23H25N3O3S2. The molecule has 0 spiro atoms. The van der Waals surface area contributed by atoms with Gasteiger partial charge >= 0.3 is 5.97 Å². The van der Waals surface area contributed by atoms with E-state index < -0.39 is 0 Å². The third-order valence-corrected chi connectivity index (χ3v) is 7.81. The summed E-state index contributed by atoms with van der Waals surface area (Å²) in [5.41, 5.74) is 4.41. The van der Waals surface area contributed by atoms with Crippen molar-refractivity contribution in [3.05, 3.63) is 38.9 Å². The van der Waals surface area contributed by atoms with Crippen LogP contribution >= 0.6 is 23.1 Å². The molecule has 0 radical (unpaired) electrons. The number of hydrogen-bond acceptors (Lipinski definition) is 7. The number of ether oxygens (including phenoxy) is 1. The summed E-state index contributed by atoms with van der Waals surface area (Å²) in [6, 6.07) is 4.17. The number of amides is 1. The quantitative estimate of drug-likeness (QED) is 0.481. The summed E-state index contributed by atoms with van der Waals surface area (Å²) >= 11 is 2.94. The number of rotatable bonds is 7. The smallest absolute Gasteiger partial charge is 0.341 e. The summed E-state index contributed by atoms with van der Waals surface area (Å²) < 4.78 is 5.25. The van der Waals surface area contributed by atoms with Crippen LogP contribution in [-0.2, 0) is 35.2 Å². The molecule has 0 unspecified atom stereocenters. The summed E-state index contributed by atoms with van der Waals surface area (Å²) in [4.78, 5) is 31.0. The van der Waals surface area contributed by atoms with Gasteiger partial charge in [0, 0.05) is 22.7 Å². The Bertz CT molecular complexity index is 1060. The minimum absolute atomic E-state index is 0.142. The first-order valence-electron chi connectivity index (χ1n) is 10.8. The molecule has 6 nitrogen and oxygen atoms in total. The molecule has 1 N–H and O–H groups in total. The van der Waals surface area contributed by atoms with Crippen molar-refractivity contribution in [1.82, 2.24) is 4.98 Å². The van der Waals surface area contributed by atoms with Crippen molar-refractivity contribution in [1.29, 1.82) is 5.26 Å². The van der Waals surface area contributed by atoms with Crippen LogP contribution in [0.5, 0.6) is 0 Å². The number of fused-ring (bicyclic) bond motifs is 2. The molecule has 2 aliphatic rings. The van der Waals surface area contributed by atoms with Crippen LogP contribution in [-0.4, -0.2) is 29.2 Å². The van der Waals surface area contributed by atoms with Crippen LogP contribution in [0.1, 0.15) is 70.2 Å².